The van der Waals surface area contributed by atoms with Gasteiger partial charge in [-0.1, -0.05) is 6.92 Å². The first-order chi connectivity index (χ1) is 9.41. The molecule has 1 fully saturated rings. The molecule has 6 nitrogen and oxygen atoms in total. The molecule has 20 heavy (non-hydrogen) atoms. The lowest BCUT2D eigenvalue weighted by molar-refractivity contribution is -0.133. The Balaban J connectivity index is 2.35. The third-order valence-electron chi connectivity index (χ3n) is 3.81. The van der Waals surface area contributed by atoms with E-state index in [0.29, 0.717) is 25.3 Å². The van der Waals surface area contributed by atoms with Crippen molar-refractivity contribution < 1.29 is 9.59 Å². The van der Waals surface area contributed by atoms with Crippen LogP contribution in [0.4, 0.5) is 0 Å². The lowest BCUT2D eigenvalue weighted by Gasteiger charge is -2.41. The lowest BCUT2D eigenvalue weighted by atomic mass is 9.98. The number of hydrogen-bond acceptors (Lipinski definition) is 3. The Bertz CT molecular complexity index is 533. The van der Waals surface area contributed by atoms with Crippen molar-refractivity contribution in [3.63, 3.8) is 0 Å². The number of aromatic nitrogens is 2. The van der Waals surface area contributed by atoms with Crippen molar-refractivity contribution in [2.24, 2.45) is 0 Å². The molecular formula is C14H22N4O2. The standard InChI is InChI=1S/C14H22N4O2/c1-5-10-9-11(18(6-2)16-10)12(19)17-8-7-15-13(20)14(17,3)4/h9H,5-8H2,1-4H3,(H,15,20). The van der Waals surface area contributed by atoms with E-state index in [0.717, 1.165) is 12.1 Å². The minimum Gasteiger partial charge on any atom is -0.352 e. The summed E-state index contributed by atoms with van der Waals surface area (Å²) in [4.78, 5) is 26.3. The van der Waals surface area contributed by atoms with Gasteiger partial charge in [-0.15, -0.1) is 0 Å². The zero-order chi connectivity index (χ0) is 14.9. The molecule has 0 aliphatic carbocycles. The molecule has 0 atom stereocenters. The summed E-state index contributed by atoms with van der Waals surface area (Å²) in [5.74, 6) is -0.241. The van der Waals surface area contributed by atoms with Gasteiger partial charge in [0.25, 0.3) is 5.91 Å². The number of carbonyl (C=O) groups is 2. The maximum absolute atomic E-state index is 12.8. The minimum atomic E-state index is -0.829. The van der Waals surface area contributed by atoms with Crippen molar-refractivity contribution >= 4 is 11.8 Å². The van der Waals surface area contributed by atoms with Crippen LogP contribution in [-0.4, -0.2) is 45.1 Å². The van der Waals surface area contributed by atoms with Crippen LogP contribution >= 0.6 is 0 Å². The van der Waals surface area contributed by atoms with E-state index in [9.17, 15) is 9.59 Å². The average Bonchev–Trinajstić information content (AvgIpc) is 2.84. The summed E-state index contributed by atoms with van der Waals surface area (Å²) in [5, 5.41) is 7.20. The number of hydrogen-bond donors (Lipinski definition) is 1. The third-order valence-corrected chi connectivity index (χ3v) is 3.81. The number of nitrogens with zero attached hydrogens (tertiary/aromatic N) is 3. The van der Waals surface area contributed by atoms with Crippen LogP contribution in [0.25, 0.3) is 0 Å². The fourth-order valence-electron chi connectivity index (χ4n) is 2.45. The average molecular weight is 278 g/mol. The largest absolute Gasteiger partial charge is 0.352 e. The molecule has 0 saturated carbocycles. The third kappa shape index (κ3) is 2.30. The summed E-state index contributed by atoms with van der Waals surface area (Å²) in [7, 11) is 0. The lowest BCUT2D eigenvalue weighted by Crippen LogP contribution is -2.63. The summed E-state index contributed by atoms with van der Waals surface area (Å²) in [6.07, 6.45) is 0.789. The van der Waals surface area contributed by atoms with E-state index in [-0.39, 0.29) is 11.8 Å². The van der Waals surface area contributed by atoms with E-state index in [4.69, 9.17) is 0 Å². The van der Waals surface area contributed by atoms with Crippen LogP contribution in [-0.2, 0) is 17.8 Å². The number of rotatable bonds is 3. The zero-order valence-electron chi connectivity index (χ0n) is 12.6. The van der Waals surface area contributed by atoms with Gasteiger partial charge in [-0.05, 0) is 33.3 Å². The second kappa shape index (κ2) is 5.26. The summed E-state index contributed by atoms with van der Waals surface area (Å²) in [6, 6.07) is 1.83. The molecule has 1 aromatic heterocycles. The van der Waals surface area contributed by atoms with Gasteiger partial charge in [0.05, 0.1) is 5.69 Å². The first kappa shape index (κ1) is 14.6. The van der Waals surface area contributed by atoms with Crippen LogP contribution in [0.5, 0.6) is 0 Å². The molecule has 110 valence electrons. The van der Waals surface area contributed by atoms with Gasteiger partial charge >= 0.3 is 0 Å². The molecule has 2 rings (SSSR count). The number of carbonyl (C=O) groups excluding carboxylic acids is 2. The molecule has 2 amide bonds. The number of piperazine rings is 1. The van der Waals surface area contributed by atoms with Crippen LogP contribution in [0, 0.1) is 0 Å². The van der Waals surface area contributed by atoms with Gasteiger partial charge in [-0.3, -0.25) is 14.3 Å². The normalized spacial score (nSPS) is 18.0. The summed E-state index contributed by atoms with van der Waals surface area (Å²) < 4.78 is 1.71. The molecule has 0 aromatic carbocycles. The van der Waals surface area contributed by atoms with E-state index < -0.39 is 5.54 Å². The summed E-state index contributed by atoms with van der Waals surface area (Å²) >= 11 is 0. The molecule has 2 heterocycles. The van der Waals surface area contributed by atoms with Crippen molar-refractivity contribution in [3.8, 4) is 0 Å². The second-order valence-corrected chi connectivity index (χ2v) is 5.46. The highest BCUT2D eigenvalue weighted by Crippen LogP contribution is 2.21. The molecule has 0 radical (unpaired) electrons. The highest BCUT2D eigenvalue weighted by Gasteiger charge is 2.41. The van der Waals surface area contributed by atoms with E-state index in [1.165, 1.54) is 0 Å². The fourth-order valence-corrected chi connectivity index (χ4v) is 2.45. The molecule has 1 N–H and O–H groups in total. The van der Waals surface area contributed by atoms with Crippen molar-refractivity contribution in [2.75, 3.05) is 13.1 Å². The van der Waals surface area contributed by atoms with Crippen molar-refractivity contribution in [3.05, 3.63) is 17.5 Å². The molecule has 0 unspecified atom stereocenters. The molecular weight excluding hydrogens is 256 g/mol. The van der Waals surface area contributed by atoms with Gasteiger partial charge in [-0.25, -0.2) is 0 Å². The highest BCUT2D eigenvalue weighted by atomic mass is 16.2. The van der Waals surface area contributed by atoms with Crippen molar-refractivity contribution in [2.45, 2.75) is 46.2 Å². The maximum atomic E-state index is 12.8. The van der Waals surface area contributed by atoms with Crippen LogP contribution in [0.3, 0.4) is 0 Å². The Morgan fingerprint density at radius 3 is 2.75 bits per heavy atom. The number of aryl methyl sites for hydroxylation is 2. The fraction of sp³-hybridized carbons (Fsp3) is 0.643. The molecule has 1 aromatic rings. The molecule has 0 bridgehead atoms. The molecule has 1 saturated heterocycles. The Morgan fingerprint density at radius 1 is 1.45 bits per heavy atom. The summed E-state index contributed by atoms with van der Waals surface area (Å²) in [5.41, 5.74) is 0.631. The SMILES string of the molecule is CCc1cc(C(=O)N2CCNC(=O)C2(C)C)n(CC)n1. The highest BCUT2D eigenvalue weighted by molar-refractivity contribution is 5.98. The van der Waals surface area contributed by atoms with Crippen LogP contribution in [0.15, 0.2) is 6.07 Å². The second-order valence-electron chi connectivity index (χ2n) is 5.46. The topological polar surface area (TPSA) is 67.2 Å². The maximum Gasteiger partial charge on any atom is 0.273 e. The molecule has 1 aliphatic heterocycles. The van der Waals surface area contributed by atoms with Gasteiger partial charge in [-0.2, -0.15) is 5.10 Å². The summed E-state index contributed by atoms with van der Waals surface area (Å²) in [6.45, 7) is 9.16. The predicted molar refractivity (Wildman–Crippen MR) is 75.4 cm³/mol. The molecule has 6 heteroatoms. The van der Waals surface area contributed by atoms with Gasteiger partial charge in [0.2, 0.25) is 5.91 Å². The number of nitrogens with one attached hydrogen (secondary N) is 1. The van der Waals surface area contributed by atoms with E-state index >= 15 is 0 Å². The van der Waals surface area contributed by atoms with Gasteiger partial charge in [0.1, 0.15) is 11.2 Å². The van der Waals surface area contributed by atoms with E-state index in [2.05, 4.69) is 10.4 Å². The van der Waals surface area contributed by atoms with Crippen LogP contribution in [0.1, 0.15) is 43.9 Å². The first-order valence-corrected chi connectivity index (χ1v) is 7.08. The van der Waals surface area contributed by atoms with Crippen molar-refractivity contribution in [1.29, 1.82) is 0 Å². The van der Waals surface area contributed by atoms with E-state index in [1.54, 1.807) is 23.4 Å². The number of amides is 2. The molecule has 0 spiro atoms. The Morgan fingerprint density at radius 2 is 2.15 bits per heavy atom. The van der Waals surface area contributed by atoms with Gasteiger partial charge in [0.15, 0.2) is 0 Å². The predicted octanol–water partition coefficient (Wildman–Crippen LogP) is 0.816. The minimum absolute atomic E-state index is 0.115. The Kier molecular flexibility index (Phi) is 3.83. The van der Waals surface area contributed by atoms with Gasteiger partial charge < -0.3 is 10.2 Å². The monoisotopic (exact) mass is 278 g/mol. The van der Waals surface area contributed by atoms with Crippen molar-refractivity contribution in [1.82, 2.24) is 20.0 Å². The van der Waals surface area contributed by atoms with Crippen LogP contribution in [0.2, 0.25) is 0 Å². The van der Waals surface area contributed by atoms with Gasteiger partial charge in [0, 0.05) is 19.6 Å². The zero-order valence-corrected chi connectivity index (χ0v) is 12.6. The Labute approximate surface area is 119 Å². The quantitative estimate of drug-likeness (QED) is 0.890. The first-order valence-electron chi connectivity index (χ1n) is 7.08. The van der Waals surface area contributed by atoms with Crippen LogP contribution < -0.4 is 5.32 Å². The Hall–Kier alpha value is -1.85. The molecule has 1 aliphatic rings. The smallest absolute Gasteiger partial charge is 0.273 e. The van der Waals surface area contributed by atoms with E-state index in [1.807, 2.05) is 19.9 Å².